The van der Waals surface area contributed by atoms with E-state index in [0.29, 0.717) is 0 Å². The van der Waals surface area contributed by atoms with Crippen LogP contribution in [0, 0.1) is 22.2 Å². The minimum atomic E-state index is -1.95. The van der Waals surface area contributed by atoms with Crippen molar-refractivity contribution in [2.45, 2.75) is 45.8 Å². The first-order valence-electron chi connectivity index (χ1n) is 7.52. The molecule has 4 heteroatoms. The molecular weight excluding hydrogens is 317 g/mol. The highest BCUT2D eigenvalue weighted by atomic mass is 28.3. The van der Waals surface area contributed by atoms with Crippen molar-refractivity contribution in [2.75, 3.05) is 0 Å². The molecule has 0 saturated heterocycles. The van der Waals surface area contributed by atoms with E-state index in [1.54, 1.807) is 0 Å². The molecule has 0 fully saturated rings. The molecule has 0 aromatic carbocycles. The molecule has 0 radical (unpaired) electrons. The zero-order valence-corrected chi connectivity index (χ0v) is 18.6. The van der Waals surface area contributed by atoms with Gasteiger partial charge < -0.3 is 0 Å². The Morgan fingerprint density at radius 1 is 0.667 bits per heavy atom. The summed E-state index contributed by atoms with van der Waals surface area (Å²) in [6.45, 7) is 20.3. The predicted molar refractivity (Wildman–Crippen MR) is 108 cm³/mol. The van der Waals surface area contributed by atoms with Gasteiger partial charge in [-0.15, -0.1) is 28.8 Å². The predicted octanol–water partition coefficient (Wildman–Crippen LogP) is 4.36. The highest BCUT2D eigenvalue weighted by molar-refractivity contribution is 7.02. The number of rotatable bonds is 1. The van der Waals surface area contributed by atoms with Crippen LogP contribution in [0.15, 0.2) is 35.1 Å². The van der Waals surface area contributed by atoms with E-state index in [1.165, 1.54) is 0 Å². The summed E-state index contributed by atoms with van der Waals surface area (Å²) in [6.07, 6.45) is 0. The van der Waals surface area contributed by atoms with E-state index in [-0.39, 0.29) is 0 Å². The molecule has 1 heterocycles. The van der Waals surface area contributed by atoms with Crippen molar-refractivity contribution >= 4 is 32.3 Å². The fourth-order valence-electron chi connectivity index (χ4n) is 1.70. The van der Waals surface area contributed by atoms with E-state index in [1.807, 2.05) is 5.70 Å². The molecule has 0 atom stereocenters. The molecule has 0 N–H and O–H groups in total. The van der Waals surface area contributed by atoms with E-state index in [9.17, 15) is 0 Å². The lowest BCUT2D eigenvalue weighted by Crippen LogP contribution is -2.32. The van der Waals surface area contributed by atoms with E-state index in [2.05, 4.69) is 97.4 Å². The van der Waals surface area contributed by atoms with E-state index in [0.717, 1.165) is 0 Å². The van der Waals surface area contributed by atoms with Crippen LogP contribution in [0.1, 0.15) is 0 Å². The van der Waals surface area contributed by atoms with Crippen molar-refractivity contribution < 1.29 is 0 Å². The topological polar surface area (TPSA) is 0 Å². The van der Waals surface area contributed by atoms with E-state index in [4.69, 9.17) is 0 Å². The van der Waals surface area contributed by atoms with Crippen molar-refractivity contribution in [1.29, 1.82) is 0 Å². The fraction of sp³-hybridized carbons (Fsp3) is 0.412. The average Bonchev–Trinajstić information content (AvgIpc) is 2.39. The summed E-state index contributed by atoms with van der Waals surface area (Å²) in [7, 11) is -6.58. The second kappa shape index (κ2) is 6.14. The van der Waals surface area contributed by atoms with Crippen LogP contribution >= 0.6 is 0 Å². The third kappa shape index (κ3) is 6.23. The van der Waals surface area contributed by atoms with Crippen LogP contribution in [0.25, 0.3) is 0 Å². The van der Waals surface area contributed by atoms with Gasteiger partial charge in [-0.3, -0.25) is 0 Å². The van der Waals surface area contributed by atoms with Crippen LogP contribution in [-0.2, 0) is 0 Å². The molecule has 1 rings (SSSR count). The highest BCUT2D eigenvalue weighted by Crippen LogP contribution is 2.15. The van der Waals surface area contributed by atoms with Crippen molar-refractivity contribution in [3.63, 3.8) is 0 Å². The van der Waals surface area contributed by atoms with Crippen LogP contribution in [-0.4, -0.2) is 32.3 Å². The van der Waals surface area contributed by atoms with Gasteiger partial charge in [0.25, 0.3) is 0 Å². The molecular formula is C17H28Si4. The maximum atomic E-state index is 4.00. The summed E-state index contributed by atoms with van der Waals surface area (Å²) in [5, 5.41) is 0. The van der Waals surface area contributed by atoms with Crippen LogP contribution in [0.2, 0.25) is 45.8 Å². The smallest absolute Gasteiger partial charge is 0.132 e. The number of hydrogen-bond donors (Lipinski definition) is 0. The van der Waals surface area contributed by atoms with Crippen molar-refractivity contribution in [3.05, 3.63) is 35.1 Å². The molecule has 1 aliphatic rings. The summed E-state index contributed by atoms with van der Waals surface area (Å²) < 4.78 is 0. The maximum absolute atomic E-state index is 4.00. The Labute approximate surface area is 135 Å². The Kier molecular flexibility index (Phi) is 5.34. The molecule has 112 valence electrons. The lowest BCUT2D eigenvalue weighted by Gasteiger charge is -2.19. The summed E-state index contributed by atoms with van der Waals surface area (Å²) in [5.41, 5.74) is 26.1. The van der Waals surface area contributed by atoms with Gasteiger partial charge in [-0.25, -0.2) is 0 Å². The molecule has 0 nitrogen and oxygen atoms in total. The second-order valence-corrected chi connectivity index (χ2v) is 23.5. The van der Waals surface area contributed by atoms with Gasteiger partial charge in [-0.1, -0.05) is 67.8 Å². The Hall–Kier alpha value is -0.792. The van der Waals surface area contributed by atoms with Crippen molar-refractivity contribution in [3.8, 4) is 22.2 Å². The third-order valence-electron chi connectivity index (χ3n) is 3.56. The lowest BCUT2D eigenvalue weighted by molar-refractivity contribution is 1.79. The van der Waals surface area contributed by atoms with Crippen LogP contribution in [0.5, 0.6) is 0 Å². The molecule has 0 bridgehead atoms. The molecule has 0 aliphatic carbocycles. The van der Waals surface area contributed by atoms with Gasteiger partial charge in [0, 0.05) is 0 Å². The molecule has 1 aliphatic heterocycles. The number of hydrogen-bond acceptors (Lipinski definition) is 0. The Morgan fingerprint density at radius 3 is 1.38 bits per heavy atom. The molecule has 0 spiro atoms. The van der Waals surface area contributed by atoms with Crippen LogP contribution in [0.3, 0.4) is 0 Å². The average molecular weight is 345 g/mol. The summed E-state index contributed by atoms with van der Waals surface area (Å²) in [6, 6.07) is 0. The SMILES string of the molecule is C=C[Si]1(C)C#C[Si](C)(C)/C=C\[Si](C)(C)/C=C\[Si](C)(C)C#C1. The van der Waals surface area contributed by atoms with E-state index >= 15 is 0 Å². The summed E-state index contributed by atoms with van der Waals surface area (Å²) in [4.78, 5) is 0. The molecule has 0 aromatic heterocycles. The zero-order chi connectivity index (χ0) is 16.4. The first kappa shape index (κ1) is 18.3. The van der Waals surface area contributed by atoms with Crippen LogP contribution < -0.4 is 0 Å². The third-order valence-corrected chi connectivity index (χ3v) is 12.4. The van der Waals surface area contributed by atoms with Gasteiger partial charge in [-0.2, -0.15) is 0 Å². The Bertz CT molecular complexity index is 552. The molecule has 21 heavy (non-hydrogen) atoms. The normalized spacial score (nSPS) is 27.4. The lowest BCUT2D eigenvalue weighted by atomic mass is 11.2. The van der Waals surface area contributed by atoms with E-state index < -0.39 is 32.3 Å². The fourth-order valence-corrected chi connectivity index (χ4v) is 13.7. The first-order valence-corrected chi connectivity index (χ1v) is 19.4. The van der Waals surface area contributed by atoms with Crippen molar-refractivity contribution in [1.82, 2.24) is 0 Å². The first-order chi connectivity index (χ1) is 9.39. The van der Waals surface area contributed by atoms with Gasteiger partial charge in [0.1, 0.15) is 0 Å². The molecule has 0 unspecified atom stereocenters. The molecule has 0 aromatic rings. The standard InChI is InChI=1S/C17H28Si4/c1-9-21(8)16-14-19(4,5)12-10-18(2,3)11-13-20(6,7)15-17-21/h9-13H,1H2,2-8H3/b12-10-,13-11-. The van der Waals surface area contributed by atoms with Gasteiger partial charge in [0.15, 0.2) is 16.1 Å². The highest BCUT2D eigenvalue weighted by Gasteiger charge is 2.24. The zero-order valence-electron chi connectivity index (χ0n) is 14.6. The Balaban J connectivity index is 3.46. The molecule has 0 saturated carbocycles. The maximum Gasteiger partial charge on any atom is 0.234 e. The summed E-state index contributed by atoms with van der Waals surface area (Å²) in [5.74, 6) is 0. The van der Waals surface area contributed by atoms with Gasteiger partial charge in [-0.05, 0) is 6.55 Å². The van der Waals surface area contributed by atoms with Gasteiger partial charge >= 0.3 is 0 Å². The monoisotopic (exact) mass is 344 g/mol. The minimum absolute atomic E-state index is 1.42. The van der Waals surface area contributed by atoms with Crippen molar-refractivity contribution in [2.24, 2.45) is 0 Å². The van der Waals surface area contributed by atoms with Gasteiger partial charge in [0.05, 0.1) is 8.07 Å². The largest absolute Gasteiger partial charge is 0.234 e. The Morgan fingerprint density at radius 2 is 1.05 bits per heavy atom. The summed E-state index contributed by atoms with van der Waals surface area (Å²) >= 11 is 0. The van der Waals surface area contributed by atoms with Gasteiger partial charge in [0.2, 0.25) is 8.07 Å². The molecule has 0 amide bonds. The van der Waals surface area contributed by atoms with Crippen LogP contribution in [0.4, 0.5) is 0 Å². The minimum Gasteiger partial charge on any atom is -0.132 e. The second-order valence-electron chi connectivity index (χ2n) is 7.84. The quantitative estimate of drug-likeness (QED) is 0.490.